The zero-order valence-corrected chi connectivity index (χ0v) is 18.7. The summed E-state index contributed by atoms with van der Waals surface area (Å²) in [5.74, 6) is -0.138. The maximum absolute atomic E-state index is 12.6. The lowest BCUT2D eigenvalue weighted by Gasteiger charge is -2.12. The van der Waals surface area contributed by atoms with Gasteiger partial charge in [0.15, 0.2) is 0 Å². The van der Waals surface area contributed by atoms with Crippen LogP contribution in [0.15, 0.2) is 53.4 Å². The first-order valence-corrected chi connectivity index (χ1v) is 10.9. The van der Waals surface area contributed by atoms with Crippen molar-refractivity contribution in [1.29, 1.82) is 0 Å². The Kier molecular flexibility index (Phi) is 7.32. The molecule has 8 heteroatoms. The van der Waals surface area contributed by atoms with Crippen molar-refractivity contribution >= 4 is 63.2 Å². The number of imide groups is 1. The number of halogens is 1. The summed E-state index contributed by atoms with van der Waals surface area (Å²) in [5, 5.41) is 2.24. The van der Waals surface area contributed by atoms with E-state index in [1.165, 1.54) is 0 Å². The molecule has 2 aromatic carbocycles. The van der Waals surface area contributed by atoms with E-state index in [2.05, 4.69) is 27.9 Å². The number of ether oxygens (including phenoxy) is 1. The minimum Gasteiger partial charge on any atom is -0.494 e. The van der Waals surface area contributed by atoms with Crippen molar-refractivity contribution in [3.63, 3.8) is 0 Å². The molecule has 0 aromatic heterocycles. The van der Waals surface area contributed by atoms with E-state index >= 15 is 0 Å². The molecule has 1 aliphatic heterocycles. The maximum Gasteiger partial charge on any atom is 0.294 e. The number of nitrogens with one attached hydrogen (secondary N) is 1. The van der Waals surface area contributed by atoms with Gasteiger partial charge in [0.25, 0.3) is 11.1 Å². The number of carbonyl (C=O) groups excluding carboxylic acids is 3. The molecular formula is C21H19IN2O4S. The molecule has 1 aliphatic rings. The Morgan fingerprint density at radius 3 is 2.48 bits per heavy atom. The van der Waals surface area contributed by atoms with Crippen molar-refractivity contribution in [2.24, 2.45) is 0 Å². The van der Waals surface area contributed by atoms with E-state index in [4.69, 9.17) is 4.74 Å². The maximum atomic E-state index is 12.6. The molecule has 0 unspecified atom stereocenters. The van der Waals surface area contributed by atoms with E-state index in [9.17, 15) is 14.4 Å². The Morgan fingerprint density at radius 2 is 1.83 bits per heavy atom. The Labute approximate surface area is 186 Å². The minimum absolute atomic E-state index is 0.291. The summed E-state index contributed by atoms with van der Waals surface area (Å²) in [6.45, 7) is 2.35. The Morgan fingerprint density at radius 1 is 1.14 bits per heavy atom. The fraction of sp³-hybridized carbons (Fsp3) is 0.190. The monoisotopic (exact) mass is 522 g/mol. The SMILES string of the molecule is CCCOc1ccc(/C=C2\SC(=O)N(CC(=O)Nc3ccc(I)cc3)C2=O)cc1. The summed E-state index contributed by atoms with van der Waals surface area (Å²) in [5.41, 5.74) is 1.39. The summed E-state index contributed by atoms with van der Waals surface area (Å²) >= 11 is 3.00. The van der Waals surface area contributed by atoms with Crippen LogP contribution in [0.4, 0.5) is 10.5 Å². The van der Waals surface area contributed by atoms with Gasteiger partial charge >= 0.3 is 0 Å². The van der Waals surface area contributed by atoms with Crippen LogP contribution in [0.1, 0.15) is 18.9 Å². The first-order chi connectivity index (χ1) is 14.0. The molecule has 3 amide bonds. The second-order valence-electron chi connectivity index (χ2n) is 6.24. The smallest absolute Gasteiger partial charge is 0.294 e. The number of hydrogen-bond acceptors (Lipinski definition) is 5. The number of carbonyl (C=O) groups is 3. The van der Waals surface area contributed by atoms with E-state index < -0.39 is 17.1 Å². The van der Waals surface area contributed by atoms with Gasteiger partial charge in [0.05, 0.1) is 11.5 Å². The average Bonchev–Trinajstić information content (AvgIpc) is 2.96. The molecule has 150 valence electrons. The van der Waals surface area contributed by atoms with Crippen molar-refractivity contribution in [2.45, 2.75) is 13.3 Å². The van der Waals surface area contributed by atoms with Crippen LogP contribution in [0, 0.1) is 3.57 Å². The largest absolute Gasteiger partial charge is 0.494 e. The van der Waals surface area contributed by atoms with E-state index in [0.29, 0.717) is 17.2 Å². The van der Waals surface area contributed by atoms with Gasteiger partial charge in [-0.2, -0.15) is 0 Å². The van der Waals surface area contributed by atoms with Crippen molar-refractivity contribution in [3.8, 4) is 5.75 Å². The molecule has 0 aliphatic carbocycles. The zero-order chi connectivity index (χ0) is 20.8. The molecular weight excluding hydrogens is 503 g/mol. The molecule has 29 heavy (non-hydrogen) atoms. The van der Waals surface area contributed by atoms with Crippen LogP contribution in [0.2, 0.25) is 0 Å². The molecule has 1 saturated heterocycles. The van der Waals surface area contributed by atoms with Crippen LogP contribution in [-0.4, -0.2) is 35.1 Å². The van der Waals surface area contributed by atoms with E-state index in [-0.39, 0.29) is 6.54 Å². The van der Waals surface area contributed by atoms with Gasteiger partial charge in [0.1, 0.15) is 12.3 Å². The van der Waals surface area contributed by atoms with Crippen LogP contribution in [0.5, 0.6) is 5.75 Å². The normalized spacial score (nSPS) is 15.1. The first-order valence-electron chi connectivity index (χ1n) is 9.00. The second-order valence-corrected chi connectivity index (χ2v) is 8.48. The number of rotatable bonds is 7. The van der Waals surface area contributed by atoms with Crippen LogP contribution in [-0.2, 0) is 9.59 Å². The molecule has 0 atom stereocenters. The van der Waals surface area contributed by atoms with E-state index in [0.717, 1.165) is 38.0 Å². The lowest BCUT2D eigenvalue weighted by atomic mass is 10.2. The highest BCUT2D eigenvalue weighted by Gasteiger charge is 2.36. The molecule has 0 radical (unpaired) electrons. The van der Waals surface area contributed by atoms with Crippen molar-refractivity contribution in [1.82, 2.24) is 4.90 Å². The summed E-state index contributed by atoms with van der Waals surface area (Å²) < 4.78 is 6.58. The third-order valence-electron chi connectivity index (χ3n) is 3.95. The summed E-state index contributed by atoms with van der Waals surface area (Å²) in [6, 6.07) is 14.5. The van der Waals surface area contributed by atoms with Gasteiger partial charge in [0.2, 0.25) is 5.91 Å². The predicted molar refractivity (Wildman–Crippen MR) is 123 cm³/mol. The molecule has 0 saturated carbocycles. The molecule has 1 fully saturated rings. The van der Waals surface area contributed by atoms with E-state index in [1.807, 2.05) is 43.3 Å². The minimum atomic E-state index is -0.468. The van der Waals surface area contributed by atoms with E-state index in [1.54, 1.807) is 18.2 Å². The van der Waals surface area contributed by atoms with Gasteiger partial charge in [-0.3, -0.25) is 19.3 Å². The van der Waals surface area contributed by atoms with Crippen LogP contribution < -0.4 is 10.1 Å². The average molecular weight is 522 g/mol. The van der Waals surface area contributed by atoms with Crippen molar-refractivity contribution in [2.75, 3.05) is 18.5 Å². The molecule has 0 bridgehead atoms. The van der Waals surface area contributed by atoms with Crippen molar-refractivity contribution in [3.05, 3.63) is 62.6 Å². The molecule has 2 aromatic rings. The fourth-order valence-corrected chi connectivity index (χ4v) is 3.74. The van der Waals surface area contributed by atoms with Gasteiger partial charge in [-0.15, -0.1) is 0 Å². The molecule has 1 heterocycles. The van der Waals surface area contributed by atoms with Crippen LogP contribution in [0.25, 0.3) is 6.08 Å². The third-order valence-corrected chi connectivity index (χ3v) is 5.58. The van der Waals surface area contributed by atoms with Gasteiger partial charge < -0.3 is 10.1 Å². The highest BCUT2D eigenvalue weighted by molar-refractivity contribution is 14.1. The molecule has 1 N–H and O–H groups in total. The number of benzene rings is 2. The quantitative estimate of drug-likeness (QED) is 0.420. The number of thioether (sulfide) groups is 1. The topological polar surface area (TPSA) is 75.7 Å². The van der Waals surface area contributed by atoms with Crippen molar-refractivity contribution < 1.29 is 19.1 Å². The van der Waals surface area contributed by atoms with Gasteiger partial charge in [-0.05, 0) is 88.8 Å². The molecule has 6 nitrogen and oxygen atoms in total. The first kappa shape index (κ1) is 21.4. The highest BCUT2D eigenvalue weighted by Crippen LogP contribution is 2.32. The lowest BCUT2D eigenvalue weighted by molar-refractivity contribution is -0.127. The summed E-state index contributed by atoms with van der Waals surface area (Å²) in [6.07, 6.45) is 2.57. The number of amides is 3. The number of anilines is 1. The van der Waals surface area contributed by atoms with Crippen LogP contribution in [0.3, 0.4) is 0 Å². The Bertz CT molecular complexity index is 942. The Balaban J connectivity index is 1.63. The third kappa shape index (κ3) is 5.83. The second kappa shape index (κ2) is 9.93. The zero-order valence-electron chi connectivity index (χ0n) is 15.7. The van der Waals surface area contributed by atoms with Gasteiger partial charge in [-0.25, -0.2) is 0 Å². The van der Waals surface area contributed by atoms with Gasteiger partial charge in [0, 0.05) is 9.26 Å². The Hall–Kier alpha value is -2.33. The van der Waals surface area contributed by atoms with Gasteiger partial charge in [-0.1, -0.05) is 19.1 Å². The summed E-state index contributed by atoms with van der Waals surface area (Å²) in [4.78, 5) is 38.3. The number of nitrogens with zero attached hydrogens (tertiary/aromatic N) is 1. The standard InChI is InChI=1S/C21H19IN2O4S/c1-2-11-28-17-9-3-14(4-10-17)12-18-20(26)24(21(27)29-18)13-19(25)23-16-7-5-15(22)6-8-16/h3-10,12H,2,11,13H2,1H3,(H,23,25)/b18-12-. The van der Waals surface area contributed by atoms with Crippen LogP contribution >= 0.6 is 34.4 Å². The predicted octanol–water partition coefficient (Wildman–Crippen LogP) is 4.76. The molecule has 0 spiro atoms. The molecule has 3 rings (SSSR count). The lowest BCUT2D eigenvalue weighted by Crippen LogP contribution is -2.36. The summed E-state index contributed by atoms with van der Waals surface area (Å²) in [7, 11) is 0. The highest BCUT2D eigenvalue weighted by atomic mass is 127. The number of hydrogen-bond donors (Lipinski definition) is 1. The fourth-order valence-electron chi connectivity index (χ4n) is 2.55.